The summed E-state index contributed by atoms with van der Waals surface area (Å²) in [6.45, 7) is 7.74. The normalized spacial score (nSPS) is 21.2. The highest BCUT2D eigenvalue weighted by Crippen LogP contribution is 2.12. The van der Waals surface area contributed by atoms with Gasteiger partial charge in [0.15, 0.2) is 0 Å². The van der Waals surface area contributed by atoms with Gasteiger partial charge in [-0.25, -0.2) is 0 Å². The Balaban J connectivity index is 1.60. The average Bonchev–Trinajstić information content (AvgIpc) is 2.37. The molecule has 0 aromatic carbocycles. The molecule has 0 aliphatic carbocycles. The maximum atomic E-state index is 12.4. The minimum absolute atomic E-state index is 0.136. The number of carbonyl (C=O) groups is 1. The SMILES string of the molecule is Cc1cc(C(=O)N2CCN(C3CNC3)CC2)ccn1. The van der Waals surface area contributed by atoms with Gasteiger partial charge in [0.2, 0.25) is 0 Å². The molecule has 2 fully saturated rings. The highest BCUT2D eigenvalue weighted by Gasteiger charge is 2.29. The van der Waals surface area contributed by atoms with Gasteiger partial charge in [-0.1, -0.05) is 0 Å². The monoisotopic (exact) mass is 260 g/mol. The molecule has 2 saturated heterocycles. The summed E-state index contributed by atoms with van der Waals surface area (Å²) < 4.78 is 0. The van der Waals surface area contributed by atoms with Gasteiger partial charge < -0.3 is 10.2 Å². The van der Waals surface area contributed by atoms with E-state index in [1.807, 2.05) is 17.9 Å². The Morgan fingerprint density at radius 3 is 2.63 bits per heavy atom. The van der Waals surface area contributed by atoms with Crippen molar-refractivity contribution in [3.8, 4) is 0 Å². The molecule has 5 nitrogen and oxygen atoms in total. The van der Waals surface area contributed by atoms with Gasteiger partial charge >= 0.3 is 0 Å². The number of amides is 1. The minimum Gasteiger partial charge on any atom is -0.336 e. The number of aryl methyl sites for hydroxylation is 1. The third kappa shape index (κ3) is 2.62. The molecule has 5 heteroatoms. The maximum absolute atomic E-state index is 12.4. The van der Waals surface area contributed by atoms with Crippen LogP contribution in [0.2, 0.25) is 0 Å². The molecule has 0 bridgehead atoms. The second kappa shape index (κ2) is 5.27. The number of nitrogens with one attached hydrogen (secondary N) is 1. The van der Waals surface area contributed by atoms with Crippen LogP contribution in [-0.2, 0) is 0 Å². The predicted octanol–water partition coefficient (Wildman–Crippen LogP) is 0.120. The average molecular weight is 260 g/mol. The van der Waals surface area contributed by atoms with Crippen LogP contribution in [0.15, 0.2) is 18.3 Å². The molecule has 2 aliphatic rings. The lowest BCUT2D eigenvalue weighted by Crippen LogP contribution is -2.62. The maximum Gasteiger partial charge on any atom is 0.254 e. The van der Waals surface area contributed by atoms with Crippen molar-refractivity contribution >= 4 is 5.91 Å². The Kier molecular flexibility index (Phi) is 3.48. The van der Waals surface area contributed by atoms with Gasteiger partial charge in [0, 0.05) is 62.8 Å². The molecule has 2 aliphatic heterocycles. The van der Waals surface area contributed by atoms with E-state index >= 15 is 0 Å². The summed E-state index contributed by atoms with van der Waals surface area (Å²) in [5.74, 6) is 0.136. The molecule has 0 atom stereocenters. The number of hydrogen-bond acceptors (Lipinski definition) is 4. The van der Waals surface area contributed by atoms with Crippen LogP contribution in [0.1, 0.15) is 16.1 Å². The molecule has 0 spiro atoms. The zero-order valence-corrected chi connectivity index (χ0v) is 11.3. The molecule has 1 aromatic rings. The molecule has 3 heterocycles. The van der Waals surface area contributed by atoms with Crippen LogP contribution in [0.3, 0.4) is 0 Å². The third-order valence-electron chi connectivity index (χ3n) is 4.02. The van der Waals surface area contributed by atoms with Crippen molar-refractivity contribution in [1.29, 1.82) is 0 Å². The van der Waals surface area contributed by atoms with Crippen LogP contribution in [0.5, 0.6) is 0 Å². The number of hydrogen-bond donors (Lipinski definition) is 1. The summed E-state index contributed by atoms with van der Waals surface area (Å²) in [5.41, 5.74) is 1.65. The number of carbonyl (C=O) groups excluding carboxylic acids is 1. The van der Waals surface area contributed by atoms with E-state index in [2.05, 4.69) is 15.2 Å². The molecule has 1 aromatic heterocycles. The molecule has 1 N–H and O–H groups in total. The van der Waals surface area contributed by atoms with Crippen molar-refractivity contribution in [3.05, 3.63) is 29.6 Å². The Labute approximate surface area is 113 Å². The molecule has 3 rings (SSSR count). The smallest absolute Gasteiger partial charge is 0.254 e. The van der Waals surface area contributed by atoms with Gasteiger partial charge in [0.25, 0.3) is 5.91 Å². The minimum atomic E-state index is 0.136. The van der Waals surface area contributed by atoms with Crippen molar-refractivity contribution in [3.63, 3.8) is 0 Å². The summed E-state index contributed by atoms with van der Waals surface area (Å²) in [5, 5.41) is 3.30. The fourth-order valence-electron chi connectivity index (χ4n) is 2.68. The Bertz CT molecular complexity index is 464. The van der Waals surface area contributed by atoms with Gasteiger partial charge in [-0.15, -0.1) is 0 Å². The molecule has 0 saturated carbocycles. The lowest BCUT2D eigenvalue weighted by molar-refractivity contribution is 0.0502. The highest BCUT2D eigenvalue weighted by atomic mass is 16.2. The summed E-state index contributed by atoms with van der Waals surface area (Å²) in [4.78, 5) is 21.0. The molecular weight excluding hydrogens is 240 g/mol. The number of rotatable bonds is 2. The van der Waals surface area contributed by atoms with Crippen LogP contribution in [0.25, 0.3) is 0 Å². The largest absolute Gasteiger partial charge is 0.336 e. The number of piperazine rings is 1. The lowest BCUT2D eigenvalue weighted by Gasteiger charge is -2.43. The van der Waals surface area contributed by atoms with Crippen molar-refractivity contribution in [2.24, 2.45) is 0 Å². The van der Waals surface area contributed by atoms with E-state index in [1.165, 1.54) is 0 Å². The number of aromatic nitrogens is 1. The zero-order chi connectivity index (χ0) is 13.2. The van der Waals surface area contributed by atoms with E-state index in [1.54, 1.807) is 12.3 Å². The Hall–Kier alpha value is -1.46. The van der Waals surface area contributed by atoms with E-state index in [-0.39, 0.29) is 5.91 Å². The van der Waals surface area contributed by atoms with E-state index in [9.17, 15) is 4.79 Å². The summed E-state index contributed by atoms with van der Waals surface area (Å²) in [7, 11) is 0. The van der Waals surface area contributed by atoms with Crippen molar-refractivity contribution < 1.29 is 4.79 Å². The van der Waals surface area contributed by atoms with E-state index in [0.29, 0.717) is 6.04 Å². The fourth-order valence-corrected chi connectivity index (χ4v) is 2.68. The number of nitrogens with zero attached hydrogens (tertiary/aromatic N) is 3. The van der Waals surface area contributed by atoms with Crippen LogP contribution in [0.4, 0.5) is 0 Å². The van der Waals surface area contributed by atoms with Crippen LogP contribution in [-0.4, -0.2) is 66.0 Å². The summed E-state index contributed by atoms with van der Waals surface area (Å²) >= 11 is 0. The van der Waals surface area contributed by atoms with E-state index in [0.717, 1.165) is 50.5 Å². The van der Waals surface area contributed by atoms with Crippen LogP contribution >= 0.6 is 0 Å². The van der Waals surface area contributed by atoms with Gasteiger partial charge in [-0.05, 0) is 19.1 Å². The van der Waals surface area contributed by atoms with Crippen molar-refractivity contribution in [1.82, 2.24) is 20.1 Å². The molecule has 0 unspecified atom stereocenters. The number of pyridine rings is 1. The summed E-state index contributed by atoms with van der Waals surface area (Å²) in [6, 6.07) is 4.35. The standard InChI is InChI=1S/C14H20N4O/c1-11-8-12(2-3-16-11)14(19)18-6-4-17(5-7-18)13-9-15-10-13/h2-3,8,13,15H,4-7,9-10H2,1H3. The van der Waals surface area contributed by atoms with Crippen LogP contribution < -0.4 is 5.32 Å². The van der Waals surface area contributed by atoms with E-state index < -0.39 is 0 Å². The van der Waals surface area contributed by atoms with Crippen molar-refractivity contribution in [2.45, 2.75) is 13.0 Å². The second-order valence-electron chi connectivity index (χ2n) is 5.33. The Morgan fingerprint density at radius 2 is 2.05 bits per heavy atom. The zero-order valence-electron chi connectivity index (χ0n) is 11.3. The highest BCUT2D eigenvalue weighted by molar-refractivity contribution is 5.94. The van der Waals surface area contributed by atoms with Gasteiger partial charge in [-0.3, -0.25) is 14.7 Å². The molecule has 102 valence electrons. The van der Waals surface area contributed by atoms with Crippen molar-refractivity contribution in [2.75, 3.05) is 39.3 Å². The first kappa shape index (κ1) is 12.6. The first-order valence-corrected chi connectivity index (χ1v) is 6.91. The van der Waals surface area contributed by atoms with Gasteiger partial charge in [-0.2, -0.15) is 0 Å². The molecule has 1 amide bonds. The fraction of sp³-hybridized carbons (Fsp3) is 0.571. The molecule has 19 heavy (non-hydrogen) atoms. The molecular formula is C14H20N4O. The quantitative estimate of drug-likeness (QED) is 0.820. The lowest BCUT2D eigenvalue weighted by atomic mass is 10.1. The first-order chi connectivity index (χ1) is 9.24. The predicted molar refractivity (Wildman–Crippen MR) is 73.1 cm³/mol. The van der Waals surface area contributed by atoms with Gasteiger partial charge in [0.05, 0.1) is 0 Å². The van der Waals surface area contributed by atoms with Gasteiger partial charge in [0.1, 0.15) is 0 Å². The van der Waals surface area contributed by atoms with E-state index in [4.69, 9.17) is 0 Å². The second-order valence-corrected chi connectivity index (χ2v) is 5.33. The third-order valence-corrected chi connectivity index (χ3v) is 4.02. The molecule has 0 radical (unpaired) electrons. The van der Waals surface area contributed by atoms with Crippen LogP contribution in [0, 0.1) is 6.92 Å². The topological polar surface area (TPSA) is 48.5 Å². The Morgan fingerprint density at radius 1 is 1.32 bits per heavy atom. The first-order valence-electron chi connectivity index (χ1n) is 6.91. The summed E-state index contributed by atoms with van der Waals surface area (Å²) in [6.07, 6.45) is 1.71.